The molecular weight excluding hydrogens is 392 g/mol. The summed E-state index contributed by atoms with van der Waals surface area (Å²) in [4.78, 5) is 39.1. The Balaban J connectivity index is 2.19. The molecule has 1 aromatic heterocycles. The largest absolute Gasteiger partial charge is 0.467 e. The van der Waals surface area contributed by atoms with Gasteiger partial charge < -0.3 is 19.4 Å². The molecule has 0 bridgehead atoms. The summed E-state index contributed by atoms with van der Waals surface area (Å²) >= 11 is 0. The number of nitro benzene ring substituents is 1. The molecule has 2 aromatic rings. The highest BCUT2D eigenvalue weighted by Crippen LogP contribution is 2.20. The topological polar surface area (TPSA) is 126 Å². The molecule has 10 nitrogen and oxygen atoms in total. The molecule has 0 spiro atoms. The number of carbonyl (C=O) groups is 2. The summed E-state index contributed by atoms with van der Waals surface area (Å²) < 4.78 is 11.8. The lowest BCUT2D eigenvalue weighted by Crippen LogP contribution is -2.45. The van der Waals surface area contributed by atoms with E-state index in [1.54, 1.807) is 56.9 Å². The number of nitrogens with one attached hydrogen (secondary N) is 1. The lowest BCUT2D eigenvalue weighted by atomic mass is 10.1. The number of rotatable bonds is 7. The molecule has 0 aliphatic rings. The molecule has 0 aliphatic heterocycles. The molecule has 162 valence electrons. The van der Waals surface area contributed by atoms with Crippen molar-refractivity contribution in [3.05, 3.63) is 57.7 Å². The molecule has 1 aromatic carbocycles. The normalized spacial score (nSPS) is 12.2. The van der Waals surface area contributed by atoms with E-state index in [0.717, 1.165) is 0 Å². The average Bonchev–Trinajstić information content (AvgIpc) is 3.07. The zero-order chi connectivity index (χ0) is 22.5. The minimum atomic E-state index is -0.979. The van der Waals surface area contributed by atoms with Crippen molar-refractivity contribution in [2.24, 2.45) is 0 Å². The summed E-state index contributed by atoms with van der Waals surface area (Å²) in [6.07, 6.45) is 2.50. The predicted octanol–water partition coefficient (Wildman–Crippen LogP) is 2.76. The molecule has 0 saturated heterocycles. The zero-order valence-electron chi connectivity index (χ0n) is 17.7. The maximum atomic E-state index is 12.2. The van der Waals surface area contributed by atoms with Crippen molar-refractivity contribution in [1.82, 2.24) is 14.9 Å². The van der Waals surface area contributed by atoms with E-state index in [4.69, 9.17) is 9.47 Å². The van der Waals surface area contributed by atoms with Gasteiger partial charge in [0.05, 0.1) is 18.4 Å². The van der Waals surface area contributed by atoms with E-state index >= 15 is 0 Å². The van der Waals surface area contributed by atoms with E-state index in [2.05, 4.69) is 10.3 Å². The van der Waals surface area contributed by atoms with Crippen LogP contribution in [0.15, 0.2) is 30.7 Å². The van der Waals surface area contributed by atoms with Gasteiger partial charge in [0.2, 0.25) is 0 Å². The summed E-state index contributed by atoms with van der Waals surface area (Å²) in [5, 5.41) is 13.7. The van der Waals surface area contributed by atoms with E-state index in [9.17, 15) is 19.7 Å². The first-order chi connectivity index (χ1) is 14.0. The van der Waals surface area contributed by atoms with Crippen LogP contribution in [0.5, 0.6) is 0 Å². The highest BCUT2D eigenvalue weighted by atomic mass is 16.6. The van der Waals surface area contributed by atoms with Gasteiger partial charge in [-0.1, -0.05) is 12.1 Å². The van der Waals surface area contributed by atoms with Crippen molar-refractivity contribution in [2.45, 2.75) is 52.3 Å². The van der Waals surface area contributed by atoms with Gasteiger partial charge in [0.15, 0.2) is 0 Å². The number of esters is 1. The van der Waals surface area contributed by atoms with Gasteiger partial charge in [-0.25, -0.2) is 14.6 Å². The second kappa shape index (κ2) is 9.38. The standard InChI is InChI=1S/C20H26N4O6/c1-13-6-7-14(8-17(13)24(27)28)11-23-12-21-10-15(23)9-16(18(25)29-5)22-19(26)30-20(2,3)4/h6-8,10,12,16H,9,11H2,1-5H3,(H,22,26)/t16-/m0/s1. The number of nitrogens with zero attached hydrogens (tertiary/aromatic N) is 3. The minimum absolute atomic E-state index is 0.0354. The first-order valence-corrected chi connectivity index (χ1v) is 9.30. The average molecular weight is 418 g/mol. The van der Waals surface area contributed by atoms with Crippen molar-refractivity contribution >= 4 is 17.7 Å². The Kier molecular flexibility index (Phi) is 7.14. The number of benzene rings is 1. The van der Waals surface area contributed by atoms with E-state index < -0.39 is 28.6 Å². The van der Waals surface area contributed by atoms with Gasteiger partial charge in [0.25, 0.3) is 5.69 Å². The molecule has 2 rings (SSSR count). The van der Waals surface area contributed by atoms with E-state index in [-0.39, 0.29) is 12.1 Å². The molecule has 1 N–H and O–H groups in total. The summed E-state index contributed by atoms with van der Waals surface area (Å²) in [6.45, 7) is 7.14. The van der Waals surface area contributed by atoms with Gasteiger partial charge in [0, 0.05) is 36.5 Å². The number of nitro groups is 1. The molecule has 1 heterocycles. The number of methoxy groups -OCH3 is 1. The van der Waals surface area contributed by atoms with Gasteiger partial charge in [-0.2, -0.15) is 0 Å². The first kappa shape index (κ1) is 22.9. The smallest absolute Gasteiger partial charge is 0.408 e. The number of alkyl carbamates (subject to hydrolysis) is 1. The third kappa shape index (κ3) is 6.29. The van der Waals surface area contributed by atoms with Gasteiger partial charge in [-0.3, -0.25) is 10.1 Å². The van der Waals surface area contributed by atoms with Crippen LogP contribution in [0.1, 0.15) is 37.6 Å². The number of amides is 1. The Bertz CT molecular complexity index is 932. The Morgan fingerprint density at radius 1 is 1.33 bits per heavy atom. The molecule has 0 aliphatic carbocycles. The molecule has 1 amide bonds. The Morgan fingerprint density at radius 3 is 2.63 bits per heavy atom. The third-order valence-electron chi connectivity index (χ3n) is 4.21. The van der Waals surface area contributed by atoms with Crippen molar-refractivity contribution < 1.29 is 24.0 Å². The van der Waals surface area contributed by atoms with Gasteiger partial charge >= 0.3 is 12.1 Å². The quantitative estimate of drug-likeness (QED) is 0.416. The number of ether oxygens (including phenoxy) is 2. The monoisotopic (exact) mass is 418 g/mol. The molecule has 10 heteroatoms. The van der Waals surface area contributed by atoms with Crippen LogP contribution in [0.3, 0.4) is 0 Å². The second-order valence-corrected chi connectivity index (χ2v) is 7.82. The van der Waals surface area contributed by atoms with Crippen molar-refractivity contribution in [3.8, 4) is 0 Å². The minimum Gasteiger partial charge on any atom is -0.467 e. The first-order valence-electron chi connectivity index (χ1n) is 9.30. The number of imidazole rings is 1. The summed E-state index contributed by atoms with van der Waals surface area (Å²) in [5.74, 6) is -0.625. The molecule has 0 radical (unpaired) electrons. The van der Waals surface area contributed by atoms with E-state index in [1.165, 1.54) is 13.2 Å². The summed E-state index contributed by atoms with van der Waals surface area (Å²) in [7, 11) is 1.23. The van der Waals surface area contributed by atoms with Gasteiger partial charge in [-0.15, -0.1) is 0 Å². The molecular formula is C20H26N4O6. The molecule has 0 unspecified atom stereocenters. The maximum absolute atomic E-state index is 12.2. The van der Waals surface area contributed by atoms with Crippen LogP contribution < -0.4 is 5.32 Å². The SMILES string of the molecule is COC(=O)[C@H](Cc1cncn1Cc1ccc(C)c([N+](=O)[O-])c1)NC(=O)OC(C)(C)C. The van der Waals surface area contributed by atoms with Gasteiger partial charge in [-0.05, 0) is 33.3 Å². The fourth-order valence-electron chi connectivity index (χ4n) is 2.80. The number of hydrogen-bond acceptors (Lipinski definition) is 7. The maximum Gasteiger partial charge on any atom is 0.408 e. The van der Waals surface area contributed by atoms with E-state index in [0.29, 0.717) is 23.4 Å². The van der Waals surface area contributed by atoms with Crippen LogP contribution in [0.2, 0.25) is 0 Å². The van der Waals surface area contributed by atoms with Crippen molar-refractivity contribution in [2.75, 3.05) is 7.11 Å². The predicted molar refractivity (Wildman–Crippen MR) is 108 cm³/mol. The lowest BCUT2D eigenvalue weighted by Gasteiger charge is -2.22. The Hall–Kier alpha value is -3.43. The fourth-order valence-corrected chi connectivity index (χ4v) is 2.80. The highest BCUT2D eigenvalue weighted by Gasteiger charge is 2.26. The molecule has 30 heavy (non-hydrogen) atoms. The fraction of sp³-hybridized carbons (Fsp3) is 0.450. The van der Waals surface area contributed by atoms with Crippen LogP contribution >= 0.6 is 0 Å². The van der Waals surface area contributed by atoms with E-state index in [1.807, 2.05) is 0 Å². The van der Waals surface area contributed by atoms with Crippen molar-refractivity contribution in [1.29, 1.82) is 0 Å². The van der Waals surface area contributed by atoms with Gasteiger partial charge in [0.1, 0.15) is 11.6 Å². The van der Waals surface area contributed by atoms with Crippen molar-refractivity contribution in [3.63, 3.8) is 0 Å². The Labute approximate surface area is 174 Å². The van der Waals surface area contributed by atoms with Crippen LogP contribution in [0.4, 0.5) is 10.5 Å². The number of carbonyl (C=O) groups excluding carboxylic acids is 2. The van der Waals surface area contributed by atoms with Crippen LogP contribution in [-0.2, 0) is 27.2 Å². The molecule has 1 atom stereocenters. The number of aryl methyl sites for hydroxylation is 1. The number of hydrogen-bond donors (Lipinski definition) is 1. The Morgan fingerprint density at radius 2 is 2.03 bits per heavy atom. The van der Waals surface area contributed by atoms with Crippen LogP contribution in [-0.4, -0.2) is 45.3 Å². The van der Waals surface area contributed by atoms with Crippen LogP contribution in [0, 0.1) is 17.0 Å². The lowest BCUT2D eigenvalue weighted by molar-refractivity contribution is -0.385. The number of aromatic nitrogens is 2. The highest BCUT2D eigenvalue weighted by molar-refractivity contribution is 5.81. The van der Waals surface area contributed by atoms with Crippen LogP contribution in [0.25, 0.3) is 0 Å². The summed E-state index contributed by atoms with van der Waals surface area (Å²) in [5.41, 5.74) is 1.24. The third-order valence-corrected chi connectivity index (χ3v) is 4.21. The summed E-state index contributed by atoms with van der Waals surface area (Å²) in [6, 6.07) is 4.01. The second-order valence-electron chi connectivity index (χ2n) is 7.82. The zero-order valence-corrected chi connectivity index (χ0v) is 17.7. The molecule has 0 fully saturated rings. The molecule has 0 saturated carbocycles.